The van der Waals surface area contributed by atoms with E-state index in [1.165, 1.54) is 25.3 Å². The Morgan fingerprint density at radius 3 is 2.52 bits per heavy atom. The highest BCUT2D eigenvalue weighted by atomic mass is 32.2. The molecule has 0 aliphatic carbocycles. The average Bonchev–Trinajstić information content (AvgIpc) is 3.05. The van der Waals surface area contributed by atoms with Crippen molar-refractivity contribution in [2.45, 2.75) is 13.5 Å². The second kappa shape index (κ2) is 10.6. The van der Waals surface area contributed by atoms with Gasteiger partial charge in [-0.05, 0) is 60.2 Å². The summed E-state index contributed by atoms with van der Waals surface area (Å²) >= 11 is 0.736. The molecule has 0 unspecified atom stereocenters. The third-order valence-electron chi connectivity index (χ3n) is 4.49. The van der Waals surface area contributed by atoms with Crippen molar-refractivity contribution in [3.05, 3.63) is 68.6 Å². The van der Waals surface area contributed by atoms with Crippen LogP contribution in [0.2, 0.25) is 0 Å². The molecular weight excluding hydrogens is 452 g/mol. The summed E-state index contributed by atoms with van der Waals surface area (Å²) in [4.78, 5) is 47.6. The molecule has 1 aliphatic rings. The lowest BCUT2D eigenvalue weighted by Crippen LogP contribution is -2.34. The number of esters is 1. The molecule has 0 radical (unpaired) electrons. The Hall–Kier alpha value is -3.86. The second-order valence-corrected chi connectivity index (χ2v) is 7.69. The van der Waals surface area contributed by atoms with E-state index in [1.807, 2.05) is 0 Å². The molecule has 11 heteroatoms. The smallest absolute Gasteiger partial charge is 0.326 e. The van der Waals surface area contributed by atoms with Gasteiger partial charge in [0.25, 0.3) is 16.8 Å². The Balaban J connectivity index is 1.70. The van der Waals surface area contributed by atoms with Crippen molar-refractivity contribution in [3.8, 4) is 11.5 Å². The molecule has 172 valence electrons. The summed E-state index contributed by atoms with van der Waals surface area (Å²) in [7, 11) is 1.46. The Kier molecular flexibility index (Phi) is 7.67. The summed E-state index contributed by atoms with van der Waals surface area (Å²) in [5.41, 5.74) is 1.32. The van der Waals surface area contributed by atoms with E-state index in [2.05, 4.69) is 0 Å². The fraction of sp³-hybridized carbons (Fsp3) is 0.227. The maximum Gasteiger partial charge on any atom is 0.326 e. The molecule has 1 saturated heterocycles. The number of hydrogen-bond acceptors (Lipinski definition) is 9. The summed E-state index contributed by atoms with van der Waals surface area (Å²) in [6, 6.07) is 11.0. The van der Waals surface area contributed by atoms with E-state index in [0.717, 1.165) is 22.2 Å². The van der Waals surface area contributed by atoms with E-state index in [9.17, 15) is 24.5 Å². The molecule has 2 amide bonds. The van der Waals surface area contributed by atoms with Crippen LogP contribution in [0.1, 0.15) is 18.1 Å². The van der Waals surface area contributed by atoms with Crippen molar-refractivity contribution in [2.24, 2.45) is 0 Å². The van der Waals surface area contributed by atoms with Crippen molar-refractivity contribution in [3.63, 3.8) is 0 Å². The Morgan fingerprint density at radius 2 is 1.88 bits per heavy atom. The Bertz CT molecular complexity index is 1110. The molecule has 2 aromatic carbocycles. The molecule has 0 atom stereocenters. The van der Waals surface area contributed by atoms with Gasteiger partial charge in [0.15, 0.2) is 11.5 Å². The highest BCUT2D eigenvalue weighted by Crippen LogP contribution is 2.34. The van der Waals surface area contributed by atoms with Crippen LogP contribution in [0, 0.1) is 10.1 Å². The van der Waals surface area contributed by atoms with Gasteiger partial charge in [-0.25, -0.2) is 0 Å². The lowest BCUT2D eigenvalue weighted by atomic mass is 10.1. The summed E-state index contributed by atoms with van der Waals surface area (Å²) in [5.74, 6) is -0.396. The molecule has 0 saturated carbocycles. The minimum Gasteiger partial charge on any atom is -0.493 e. The monoisotopic (exact) mass is 472 g/mol. The third-order valence-corrected chi connectivity index (χ3v) is 5.40. The molecule has 0 N–H and O–H groups in total. The second-order valence-electron chi connectivity index (χ2n) is 6.70. The standard InChI is InChI=1S/C22H20N2O8S/c1-3-31-20(25)12-23-21(26)19(33-22(23)27)11-15-6-9-17(18(10-15)30-2)32-13-14-4-7-16(8-5-14)24(28)29/h4-11H,3,12-13H2,1-2H3/b19-11+. The number of thioether (sulfide) groups is 1. The van der Waals surface area contributed by atoms with Crippen molar-refractivity contribution < 1.29 is 33.5 Å². The lowest BCUT2D eigenvalue weighted by molar-refractivity contribution is -0.384. The Labute approximate surface area is 193 Å². The van der Waals surface area contributed by atoms with Gasteiger partial charge in [-0.15, -0.1) is 0 Å². The van der Waals surface area contributed by atoms with Crippen LogP contribution in [0.15, 0.2) is 47.4 Å². The van der Waals surface area contributed by atoms with Crippen LogP contribution in [0.25, 0.3) is 6.08 Å². The van der Waals surface area contributed by atoms with Crippen LogP contribution in [0.5, 0.6) is 11.5 Å². The van der Waals surface area contributed by atoms with Gasteiger partial charge in [0, 0.05) is 12.1 Å². The fourth-order valence-corrected chi connectivity index (χ4v) is 3.73. The van der Waals surface area contributed by atoms with E-state index in [-0.39, 0.29) is 23.8 Å². The summed E-state index contributed by atoms with van der Waals surface area (Å²) in [5, 5.41) is 10.2. The van der Waals surface area contributed by atoms with Gasteiger partial charge in [0.2, 0.25) is 0 Å². The number of amides is 2. The number of imide groups is 1. The zero-order valence-electron chi connectivity index (χ0n) is 17.8. The zero-order valence-corrected chi connectivity index (χ0v) is 18.6. The maximum absolute atomic E-state index is 12.5. The first-order valence-electron chi connectivity index (χ1n) is 9.77. The first kappa shape index (κ1) is 23.8. The van der Waals surface area contributed by atoms with E-state index >= 15 is 0 Å². The van der Waals surface area contributed by atoms with E-state index in [0.29, 0.717) is 17.1 Å². The molecule has 1 aliphatic heterocycles. The largest absolute Gasteiger partial charge is 0.493 e. The summed E-state index contributed by atoms with van der Waals surface area (Å²) in [6.45, 7) is 1.52. The van der Waals surface area contributed by atoms with Crippen LogP contribution in [0.4, 0.5) is 10.5 Å². The number of methoxy groups -OCH3 is 1. The predicted octanol–water partition coefficient (Wildman–Crippen LogP) is 3.78. The number of nitrogens with zero attached hydrogens (tertiary/aromatic N) is 2. The minimum atomic E-state index is -0.655. The molecule has 10 nitrogen and oxygen atoms in total. The SMILES string of the molecule is CCOC(=O)CN1C(=O)S/C(=C/c2ccc(OCc3ccc([N+](=O)[O-])cc3)c(OC)c2)C1=O. The van der Waals surface area contributed by atoms with Crippen molar-refractivity contribution in [1.29, 1.82) is 0 Å². The highest BCUT2D eigenvalue weighted by Gasteiger charge is 2.36. The molecule has 0 bridgehead atoms. The van der Waals surface area contributed by atoms with E-state index in [1.54, 1.807) is 37.3 Å². The van der Waals surface area contributed by atoms with Gasteiger partial charge in [0.05, 0.1) is 23.5 Å². The fourth-order valence-electron chi connectivity index (χ4n) is 2.89. The molecular formula is C22H20N2O8S. The van der Waals surface area contributed by atoms with E-state index in [4.69, 9.17) is 14.2 Å². The molecule has 0 aromatic heterocycles. The van der Waals surface area contributed by atoms with E-state index < -0.39 is 28.6 Å². The van der Waals surface area contributed by atoms with Crippen LogP contribution in [-0.4, -0.2) is 47.2 Å². The lowest BCUT2D eigenvalue weighted by Gasteiger charge is -2.12. The van der Waals surface area contributed by atoms with Gasteiger partial charge in [-0.2, -0.15) is 0 Å². The van der Waals surface area contributed by atoms with Gasteiger partial charge in [0.1, 0.15) is 13.2 Å². The number of benzene rings is 2. The molecule has 2 aromatic rings. The molecule has 0 spiro atoms. The van der Waals surface area contributed by atoms with Crippen molar-refractivity contribution >= 4 is 40.6 Å². The summed E-state index contributed by atoms with van der Waals surface area (Å²) < 4.78 is 15.9. The minimum absolute atomic E-state index is 0.00708. The molecule has 33 heavy (non-hydrogen) atoms. The molecule has 1 heterocycles. The van der Waals surface area contributed by atoms with Crippen molar-refractivity contribution in [1.82, 2.24) is 4.90 Å². The average molecular weight is 472 g/mol. The number of nitro groups is 1. The quantitative estimate of drug-likeness (QED) is 0.232. The maximum atomic E-state index is 12.5. The number of carbonyl (C=O) groups excluding carboxylic acids is 3. The number of non-ortho nitro benzene ring substituents is 1. The predicted molar refractivity (Wildman–Crippen MR) is 120 cm³/mol. The van der Waals surface area contributed by atoms with Crippen LogP contribution in [0.3, 0.4) is 0 Å². The number of carbonyl (C=O) groups is 3. The third kappa shape index (κ3) is 5.89. The normalized spacial score (nSPS) is 14.5. The zero-order chi connectivity index (χ0) is 24.0. The number of hydrogen-bond donors (Lipinski definition) is 0. The topological polar surface area (TPSA) is 125 Å². The number of nitro benzene ring substituents is 1. The van der Waals surface area contributed by atoms with Gasteiger partial charge in [-0.1, -0.05) is 6.07 Å². The van der Waals surface area contributed by atoms with Crippen LogP contribution >= 0.6 is 11.8 Å². The Morgan fingerprint density at radius 1 is 1.15 bits per heavy atom. The first-order valence-corrected chi connectivity index (χ1v) is 10.6. The highest BCUT2D eigenvalue weighted by molar-refractivity contribution is 8.18. The number of rotatable bonds is 9. The van der Waals surface area contributed by atoms with Crippen molar-refractivity contribution in [2.75, 3.05) is 20.3 Å². The van der Waals surface area contributed by atoms with Gasteiger partial charge < -0.3 is 14.2 Å². The van der Waals surface area contributed by atoms with Gasteiger partial charge >= 0.3 is 5.97 Å². The van der Waals surface area contributed by atoms with Crippen LogP contribution in [-0.2, 0) is 20.9 Å². The first-order chi connectivity index (χ1) is 15.8. The molecule has 3 rings (SSSR count). The number of ether oxygens (including phenoxy) is 3. The summed E-state index contributed by atoms with van der Waals surface area (Å²) in [6.07, 6.45) is 1.53. The van der Waals surface area contributed by atoms with Crippen LogP contribution < -0.4 is 9.47 Å². The molecule has 1 fully saturated rings. The van der Waals surface area contributed by atoms with Gasteiger partial charge in [-0.3, -0.25) is 29.4 Å².